The number of carbonyl (C=O) groups is 1. The predicted octanol–water partition coefficient (Wildman–Crippen LogP) is 2.01. The summed E-state index contributed by atoms with van der Waals surface area (Å²) in [7, 11) is 0. The average molecular weight is 226 g/mol. The van der Waals surface area contributed by atoms with Gasteiger partial charge in [-0.25, -0.2) is 0 Å². The van der Waals surface area contributed by atoms with Crippen molar-refractivity contribution in [2.45, 2.75) is 46.0 Å². The normalized spacial score (nSPS) is 22.4. The van der Waals surface area contributed by atoms with Gasteiger partial charge in [-0.1, -0.05) is 26.7 Å². The Balaban J connectivity index is 2.42. The van der Waals surface area contributed by atoms with Gasteiger partial charge in [-0.3, -0.25) is 4.79 Å². The van der Waals surface area contributed by atoms with Crippen LogP contribution in [0.3, 0.4) is 0 Å². The quantitative estimate of drug-likeness (QED) is 0.753. The Morgan fingerprint density at radius 3 is 2.75 bits per heavy atom. The van der Waals surface area contributed by atoms with Crippen LogP contribution in [0.5, 0.6) is 0 Å². The first-order valence-corrected chi connectivity index (χ1v) is 6.71. The molecule has 0 aromatic heterocycles. The van der Waals surface area contributed by atoms with Gasteiger partial charge in [0, 0.05) is 19.0 Å². The van der Waals surface area contributed by atoms with Crippen LogP contribution >= 0.6 is 0 Å². The molecule has 2 unspecified atom stereocenters. The van der Waals surface area contributed by atoms with E-state index in [4.69, 9.17) is 5.73 Å². The zero-order valence-electron chi connectivity index (χ0n) is 10.7. The van der Waals surface area contributed by atoms with Crippen LogP contribution in [0.2, 0.25) is 0 Å². The molecule has 1 saturated heterocycles. The highest BCUT2D eigenvalue weighted by molar-refractivity contribution is 5.79. The summed E-state index contributed by atoms with van der Waals surface area (Å²) in [4.78, 5) is 14.3. The second kappa shape index (κ2) is 6.89. The number of hydrogen-bond acceptors (Lipinski definition) is 2. The lowest BCUT2D eigenvalue weighted by Gasteiger charge is -2.22. The highest BCUT2D eigenvalue weighted by atomic mass is 16.2. The lowest BCUT2D eigenvalue weighted by atomic mass is 9.98. The molecule has 2 atom stereocenters. The van der Waals surface area contributed by atoms with E-state index in [1.807, 2.05) is 4.90 Å². The Kier molecular flexibility index (Phi) is 5.81. The predicted molar refractivity (Wildman–Crippen MR) is 67.0 cm³/mol. The summed E-state index contributed by atoms with van der Waals surface area (Å²) in [5, 5.41) is 0. The zero-order valence-corrected chi connectivity index (χ0v) is 10.7. The van der Waals surface area contributed by atoms with Crippen molar-refractivity contribution >= 4 is 5.91 Å². The molecule has 1 rings (SSSR count). The Hall–Kier alpha value is -0.570. The van der Waals surface area contributed by atoms with Crippen molar-refractivity contribution in [3.8, 4) is 0 Å². The van der Waals surface area contributed by atoms with Gasteiger partial charge in [0.25, 0.3) is 0 Å². The van der Waals surface area contributed by atoms with Gasteiger partial charge in [0.15, 0.2) is 0 Å². The van der Waals surface area contributed by atoms with Crippen molar-refractivity contribution < 1.29 is 4.79 Å². The fourth-order valence-corrected chi connectivity index (χ4v) is 2.44. The van der Waals surface area contributed by atoms with Gasteiger partial charge in [-0.05, 0) is 31.7 Å². The SMILES string of the molecule is CCCCC(CC)C(=O)N1CCC(CN)C1. The fourth-order valence-electron chi connectivity index (χ4n) is 2.44. The van der Waals surface area contributed by atoms with Crippen molar-refractivity contribution in [2.24, 2.45) is 17.6 Å². The molecule has 2 N–H and O–H groups in total. The minimum absolute atomic E-state index is 0.247. The lowest BCUT2D eigenvalue weighted by Crippen LogP contribution is -2.35. The molecule has 1 fully saturated rings. The summed E-state index contributed by atoms with van der Waals surface area (Å²) in [6.07, 6.45) is 5.46. The first-order chi connectivity index (χ1) is 7.72. The summed E-state index contributed by atoms with van der Waals surface area (Å²) < 4.78 is 0. The Morgan fingerprint density at radius 2 is 2.25 bits per heavy atom. The van der Waals surface area contributed by atoms with Crippen LogP contribution in [0.25, 0.3) is 0 Å². The third-order valence-electron chi connectivity index (χ3n) is 3.68. The molecular weight excluding hydrogens is 200 g/mol. The Morgan fingerprint density at radius 1 is 1.50 bits per heavy atom. The molecule has 3 nitrogen and oxygen atoms in total. The van der Waals surface area contributed by atoms with E-state index in [1.54, 1.807) is 0 Å². The van der Waals surface area contributed by atoms with E-state index >= 15 is 0 Å². The Labute approximate surface area is 99.4 Å². The molecule has 0 spiro atoms. The smallest absolute Gasteiger partial charge is 0.225 e. The third-order valence-corrected chi connectivity index (χ3v) is 3.68. The van der Waals surface area contributed by atoms with Gasteiger partial charge >= 0.3 is 0 Å². The average Bonchev–Trinajstić information content (AvgIpc) is 2.78. The molecule has 0 saturated carbocycles. The first-order valence-electron chi connectivity index (χ1n) is 6.71. The zero-order chi connectivity index (χ0) is 12.0. The molecule has 1 heterocycles. The second-order valence-electron chi connectivity index (χ2n) is 4.92. The van der Waals surface area contributed by atoms with Crippen LogP contribution in [0.1, 0.15) is 46.0 Å². The molecule has 1 amide bonds. The van der Waals surface area contributed by atoms with Crippen LogP contribution in [0.4, 0.5) is 0 Å². The van der Waals surface area contributed by atoms with Gasteiger partial charge in [0.2, 0.25) is 5.91 Å². The van der Waals surface area contributed by atoms with Gasteiger partial charge in [0.05, 0.1) is 0 Å². The second-order valence-corrected chi connectivity index (χ2v) is 4.92. The highest BCUT2D eigenvalue weighted by Crippen LogP contribution is 2.21. The molecule has 16 heavy (non-hydrogen) atoms. The van der Waals surface area contributed by atoms with E-state index < -0.39 is 0 Å². The van der Waals surface area contributed by atoms with Gasteiger partial charge in [-0.15, -0.1) is 0 Å². The minimum atomic E-state index is 0.247. The van der Waals surface area contributed by atoms with Gasteiger partial charge < -0.3 is 10.6 Å². The van der Waals surface area contributed by atoms with Gasteiger partial charge in [-0.2, -0.15) is 0 Å². The number of rotatable bonds is 6. The van der Waals surface area contributed by atoms with Crippen molar-refractivity contribution in [3.63, 3.8) is 0 Å². The molecule has 1 aliphatic rings. The van der Waals surface area contributed by atoms with E-state index in [0.29, 0.717) is 11.8 Å². The van der Waals surface area contributed by atoms with Crippen LogP contribution in [0.15, 0.2) is 0 Å². The molecule has 0 bridgehead atoms. The fraction of sp³-hybridized carbons (Fsp3) is 0.923. The van der Waals surface area contributed by atoms with Crippen molar-refractivity contribution in [1.82, 2.24) is 4.90 Å². The maximum absolute atomic E-state index is 12.2. The van der Waals surface area contributed by atoms with Crippen LogP contribution in [-0.4, -0.2) is 30.4 Å². The van der Waals surface area contributed by atoms with E-state index in [1.165, 1.54) is 12.8 Å². The lowest BCUT2D eigenvalue weighted by molar-refractivity contribution is -0.134. The number of hydrogen-bond donors (Lipinski definition) is 1. The first kappa shape index (κ1) is 13.5. The van der Waals surface area contributed by atoms with Gasteiger partial charge in [0.1, 0.15) is 0 Å². The summed E-state index contributed by atoms with van der Waals surface area (Å²) in [5.74, 6) is 1.15. The number of carbonyl (C=O) groups excluding carboxylic acids is 1. The topological polar surface area (TPSA) is 46.3 Å². The van der Waals surface area contributed by atoms with Crippen LogP contribution in [-0.2, 0) is 4.79 Å². The number of nitrogens with two attached hydrogens (primary N) is 1. The van der Waals surface area contributed by atoms with Crippen molar-refractivity contribution in [1.29, 1.82) is 0 Å². The standard InChI is InChI=1S/C13H26N2O/c1-3-5-6-12(4-2)13(16)15-8-7-11(9-14)10-15/h11-12H,3-10,14H2,1-2H3. The molecule has 3 heteroatoms. The summed E-state index contributed by atoms with van der Waals surface area (Å²) >= 11 is 0. The highest BCUT2D eigenvalue weighted by Gasteiger charge is 2.28. The molecule has 0 aromatic rings. The van der Waals surface area contributed by atoms with E-state index in [-0.39, 0.29) is 5.92 Å². The largest absolute Gasteiger partial charge is 0.342 e. The van der Waals surface area contributed by atoms with E-state index in [0.717, 1.165) is 38.9 Å². The summed E-state index contributed by atoms with van der Waals surface area (Å²) in [6.45, 7) is 6.82. The van der Waals surface area contributed by atoms with Crippen LogP contribution in [0, 0.1) is 11.8 Å². The number of likely N-dealkylation sites (tertiary alicyclic amines) is 1. The molecule has 0 aromatic carbocycles. The van der Waals surface area contributed by atoms with Crippen molar-refractivity contribution in [3.05, 3.63) is 0 Å². The molecule has 94 valence electrons. The number of nitrogens with zero attached hydrogens (tertiary/aromatic N) is 1. The molecule has 0 aliphatic carbocycles. The maximum atomic E-state index is 12.2. The number of amides is 1. The van der Waals surface area contributed by atoms with E-state index in [2.05, 4.69) is 13.8 Å². The molecule has 1 aliphatic heterocycles. The monoisotopic (exact) mass is 226 g/mol. The summed E-state index contributed by atoms with van der Waals surface area (Å²) in [5.41, 5.74) is 5.65. The van der Waals surface area contributed by atoms with Crippen LogP contribution < -0.4 is 5.73 Å². The molecule has 0 radical (unpaired) electrons. The number of unbranched alkanes of at least 4 members (excludes halogenated alkanes) is 1. The van der Waals surface area contributed by atoms with E-state index in [9.17, 15) is 4.79 Å². The maximum Gasteiger partial charge on any atom is 0.225 e. The molecular formula is C13H26N2O. The third kappa shape index (κ3) is 3.48. The summed E-state index contributed by atoms with van der Waals surface area (Å²) in [6, 6.07) is 0. The minimum Gasteiger partial charge on any atom is -0.342 e. The van der Waals surface area contributed by atoms with Crippen molar-refractivity contribution in [2.75, 3.05) is 19.6 Å². The Bertz CT molecular complexity index is 214.